The fourth-order valence-electron chi connectivity index (χ4n) is 2.40. The van der Waals surface area contributed by atoms with Crippen LogP contribution in [0.5, 0.6) is 0 Å². The lowest BCUT2D eigenvalue weighted by Crippen LogP contribution is -2.39. The normalized spacial score (nSPS) is 17.2. The lowest BCUT2D eigenvalue weighted by Gasteiger charge is -2.41. The van der Waals surface area contributed by atoms with Gasteiger partial charge in [-0.25, -0.2) is 0 Å². The van der Waals surface area contributed by atoms with Gasteiger partial charge in [0.15, 0.2) is 5.96 Å². The topological polar surface area (TPSA) is 28.1 Å². The summed E-state index contributed by atoms with van der Waals surface area (Å²) in [5.41, 5.74) is 0.410. The molecule has 1 aliphatic carbocycles. The molecule has 0 N–H and O–H groups in total. The minimum atomic E-state index is 0.410. The minimum Gasteiger partial charge on any atom is -0.385 e. The van der Waals surface area contributed by atoms with E-state index in [0.29, 0.717) is 5.41 Å². The highest BCUT2D eigenvalue weighted by atomic mass is 16.5. The smallest absolute Gasteiger partial charge is 0.195 e. The Hall–Kier alpha value is -0.770. The van der Waals surface area contributed by atoms with Gasteiger partial charge in [-0.2, -0.15) is 0 Å². The molecule has 0 unspecified atom stereocenters. The Morgan fingerprint density at radius 2 is 1.76 bits per heavy atom. The van der Waals surface area contributed by atoms with Crippen molar-refractivity contribution in [3.63, 3.8) is 0 Å². The van der Waals surface area contributed by atoms with Gasteiger partial charge in [0, 0.05) is 48.5 Å². The van der Waals surface area contributed by atoms with E-state index in [1.165, 1.54) is 19.3 Å². The van der Waals surface area contributed by atoms with Gasteiger partial charge in [0.05, 0.1) is 0 Å². The van der Waals surface area contributed by atoms with Crippen molar-refractivity contribution >= 4 is 5.96 Å². The summed E-state index contributed by atoms with van der Waals surface area (Å²) in [7, 11) is 9.95. The quantitative estimate of drug-likeness (QED) is 0.541. The molecular formula is C13H27N3O. The Labute approximate surface area is 106 Å². The zero-order valence-corrected chi connectivity index (χ0v) is 12.0. The van der Waals surface area contributed by atoms with Gasteiger partial charge in [-0.1, -0.05) is 6.42 Å². The van der Waals surface area contributed by atoms with Crippen molar-refractivity contribution in [3.8, 4) is 0 Å². The van der Waals surface area contributed by atoms with Crippen molar-refractivity contribution in [2.75, 3.05) is 48.5 Å². The Bertz CT molecular complexity index is 247. The summed E-state index contributed by atoms with van der Waals surface area (Å²) in [4.78, 5) is 8.93. The number of hydrogen-bond acceptors (Lipinski definition) is 2. The summed E-state index contributed by atoms with van der Waals surface area (Å²) in [6, 6.07) is 0. The first-order chi connectivity index (χ1) is 8.01. The molecule has 1 rings (SSSR count). The summed E-state index contributed by atoms with van der Waals surface area (Å²) < 4.78 is 5.21. The van der Waals surface area contributed by atoms with Crippen LogP contribution < -0.4 is 0 Å². The molecule has 0 aromatic carbocycles. The molecule has 17 heavy (non-hydrogen) atoms. The Balaban J connectivity index is 2.58. The van der Waals surface area contributed by atoms with E-state index in [1.807, 2.05) is 28.2 Å². The second-order valence-corrected chi connectivity index (χ2v) is 5.50. The van der Waals surface area contributed by atoms with Gasteiger partial charge >= 0.3 is 0 Å². The zero-order chi connectivity index (χ0) is 12.9. The predicted octanol–water partition coefficient (Wildman–Crippen LogP) is 1.67. The summed E-state index contributed by atoms with van der Waals surface area (Å²) in [6.07, 6.45) is 5.08. The van der Waals surface area contributed by atoms with E-state index in [9.17, 15) is 0 Å². The summed E-state index contributed by atoms with van der Waals surface area (Å²) in [5, 5.41) is 0. The molecule has 0 bridgehead atoms. The molecule has 0 heterocycles. The van der Waals surface area contributed by atoms with Gasteiger partial charge in [0.2, 0.25) is 0 Å². The second-order valence-electron chi connectivity index (χ2n) is 5.50. The standard InChI is InChI=1S/C13H27N3O/c1-15(2)12(16(3)4)14-11-13(7-6-8-13)9-10-17-5/h6-11H2,1-5H3. The third-order valence-corrected chi connectivity index (χ3v) is 3.61. The van der Waals surface area contributed by atoms with Crippen LogP contribution in [-0.2, 0) is 4.74 Å². The largest absolute Gasteiger partial charge is 0.385 e. The van der Waals surface area contributed by atoms with E-state index in [4.69, 9.17) is 9.73 Å². The zero-order valence-electron chi connectivity index (χ0n) is 12.0. The molecule has 0 aliphatic heterocycles. The van der Waals surface area contributed by atoms with E-state index < -0.39 is 0 Å². The van der Waals surface area contributed by atoms with Gasteiger partial charge in [-0.05, 0) is 24.7 Å². The lowest BCUT2D eigenvalue weighted by molar-refractivity contribution is 0.0775. The van der Waals surface area contributed by atoms with Crippen LogP contribution in [0.4, 0.5) is 0 Å². The molecule has 100 valence electrons. The molecule has 1 saturated carbocycles. The fourth-order valence-corrected chi connectivity index (χ4v) is 2.40. The molecule has 1 aliphatic rings. The Kier molecular flexibility index (Phi) is 5.25. The molecule has 4 heteroatoms. The van der Waals surface area contributed by atoms with E-state index >= 15 is 0 Å². The van der Waals surface area contributed by atoms with Crippen LogP contribution in [0.15, 0.2) is 4.99 Å². The van der Waals surface area contributed by atoms with E-state index in [0.717, 1.165) is 25.5 Å². The first-order valence-corrected chi connectivity index (χ1v) is 6.39. The molecule has 0 aromatic rings. The van der Waals surface area contributed by atoms with Crippen LogP contribution in [0.3, 0.4) is 0 Å². The number of methoxy groups -OCH3 is 1. The maximum atomic E-state index is 5.21. The predicted molar refractivity (Wildman–Crippen MR) is 72.5 cm³/mol. The number of hydrogen-bond donors (Lipinski definition) is 0. The van der Waals surface area contributed by atoms with Crippen molar-refractivity contribution < 1.29 is 4.74 Å². The molecule has 0 amide bonds. The molecule has 4 nitrogen and oxygen atoms in total. The molecule has 0 atom stereocenters. The van der Waals surface area contributed by atoms with Gasteiger partial charge in [-0.3, -0.25) is 4.99 Å². The number of ether oxygens (including phenoxy) is 1. The second kappa shape index (κ2) is 6.24. The Morgan fingerprint density at radius 1 is 1.18 bits per heavy atom. The van der Waals surface area contributed by atoms with Crippen molar-refractivity contribution in [1.82, 2.24) is 9.80 Å². The average Bonchev–Trinajstić information content (AvgIpc) is 2.19. The van der Waals surface area contributed by atoms with Crippen LogP contribution in [0.1, 0.15) is 25.7 Å². The number of nitrogens with zero attached hydrogens (tertiary/aromatic N) is 3. The molecule has 0 saturated heterocycles. The third kappa shape index (κ3) is 3.87. The van der Waals surface area contributed by atoms with Crippen molar-refractivity contribution in [1.29, 1.82) is 0 Å². The van der Waals surface area contributed by atoms with Crippen LogP contribution >= 0.6 is 0 Å². The van der Waals surface area contributed by atoms with Gasteiger partial charge < -0.3 is 14.5 Å². The first kappa shape index (κ1) is 14.3. The Morgan fingerprint density at radius 3 is 2.12 bits per heavy atom. The lowest BCUT2D eigenvalue weighted by atomic mass is 9.67. The highest BCUT2D eigenvalue weighted by Crippen LogP contribution is 2.44. The van der Waals surface area contributed by atoms with Crippen LogP contribution in [0.25, 0.3) is 0 Å². The average molecular weight is 241 g/mol. The fraction of sp³-hybridized carbons (Fsp3) is 0.923. The van der Waals surface area contributed by atoms with Crippen LogP contribution in [0.2, 0.25) is 0 Å². The molecular weight excluding hydrogens is 214 g/mol. The van der Waals surface area contributed by atoms with Crippen molar-refractivity contribution in [2.45, 2.75) is 25.7 Å². The summed E-state index contributed by atoms with van der Waals surface area (Å²) >= 11 is 0. The van der Waals surface area contributed by atoms with Crippen molar-refractivity contribution in [2.24, 2.45) is 10.4 Å². The minimum absolute atomic E-state index is 0.410. The van der Waals surface area contributed by atoms with Gasteiger partial charge in [-0.15, -0.1) is 0 Å². The van der Waals surface area contributed by atoms with Crippen LogP contribution in [-0.4, -0.2) is 64.2 Å². The third-order valence-electron chi connectivity index (χ3n) is 3.61. The van der Waals surface area contributed by atoms with E-state index in [2.05, 4.69) is 9.80 Å². The van der Waals surface area contributed by atoms with Gasteiger partial charge in [0.1, 0.15) is 0 Å². The molecule has 1 fully saturated rings. The summed E-state index contributed by atoms with van der Waals surface area (Å²) in [6.45, 7) is 1.79. The van der Waals surface area contributed by atoms with E-state index in [-0.39, 0.29) is 0 Å². The summed E-state index contributed by atoms with van der Waals surface area (Å²) in [5.74, 6) is 1.05. The first-order valence-electron chi connectivity index (χ1n) is 6.39. The van der Waals surface area contributed by atoms with Crippen LogP contribution in [0, 0.1) is 5.41 Å². The SMILES string of the molecule is COCCC1(CN=C(N(C)C)N(C)C)CCC1. The molecule has 0 spiro atoms. The maximum Gasteiger partial charge on any atom is 0.195 e. The van der Waals surface area contributed by atoms with Gasteiger partial charge in [0.25, 0.3) is 0 Å². The molecule has 0 aromatic heterocycles. The monoisotopic (exact) mass is 241 g/mol. The molecule has 0 radical (unpaired) electrons. The van der Waals surface area contributed by atoms with E-state index in [1.54, 1.807) is 7.11 Å². The van der Waals surface area contributed by atoms with Crippen molar-refractivity contribution in [3.05, 3.63) is 0 Å². The maximum absolute atomic E-state index is 5.21. The number of rotatable bonds is 5. The number of guanidine groups is 1. The highest BCUT2D eigenvalue weighted by Gasteiger charge is 2.36. The highest BCUT2D eigenvalue weighted by molar-refractivity contribution is 5.79. The number of aliphatic imine (C=N–C) groups is 1.